The Balaban J connectivity index is 2.74. The van der Waals surface area contributed by atoms with Crippen molar-refractivity contribution in [3.8, 4) is 0 Å². The quantitative estimate of drug-likeness (QED) is 0.563. The van der Waals surface area contributed by atoms with Crippen LogP contribution in [0.4, 0.5) is 0 Å². The molecule has 0 nitrogen and oxygen atoms in total. The minimum Gasteiger partial charge on any atom is -0.0953 e. The lowest BCUT2D eigenvalue weighted by molar-refractivity contribution is 0.766. The number of hydrogen-bond acceptors (Lipinski definition) is 0. The Hall–Kier alpha value is -0.520. The molecule has 1 rings (SSSR count). The van der Waals surface area contributed by atoms with Crippen LogP contribution in [0.15, 0.2) is 23.3 Å². The normalized spacial score (nSPS) is 18.2. The van der Waals surface area contributed by atoms with Gasteiger partial charge >= 0.3 is 0 Å². The van der Waals surface area contributed by atoms with E-state index in [1.807, 2.05) is 0 Å². The van der Waals surface area contributed by atoms with Crippen molar-refractivity contribution in [2.75, 3.05) is 0 Å². The second-order valence-electron chi connectivity index (χ2n) is 3.79. The van der Waals surface area contributed by atoms with E-state index in [1.165, 1.54) is 24.8 Å². The van der Waals surface area contributed by atoms with E-state index in [2.05, 4.69) is 27.4 Å². The maximum Gasteiger partial charge on any atom is -0.0222 e. The SMILES string of the molecule is C=C(C1=C(C)CCC1)C(C)C. The second kappa shape index (κ2) is 3.25. The summed E-state index contributed by atoms with van der Waals surface area (Å²) in [5, 5.41) is 0. The minimum atomic E-state index is 0.623. The summed E-state index contributed by atoms with van der Waals surface area (Å²) in [6.45, 7) is 10.8. The van der Waals surface area contributed by atoms with E-state index >= 15 is 0 Å². The van der Waals surface area contributed by atoms with Crippen LogP contribution in [0, 0.1) is 5.92 Å². The molecule has 1 aliphatic rings. The highest BCUT2D eigenvalue weighted by atomic mass is 14.2. The van der Waals surface area contributed by atoms with Crippen LogP contribution in [0.2, 0.25) is 0 Å². The molecule has 0 saturated heterocycles. The molecule has 0 fully saturated rings. The lowest BCUT2D eigenvalue weighted by atomic mass is 9.95. The molecule has 0 unspecified atom stereocenters. The van der Waals surface area contributed by atoms with Gasteiger partial charge in [-0.1, -0.05) is 26.0 Å². The Morgan fingerprint density at radius 3 is 2.36 bits per heavy atom. The van der Waals surface area contributed by atoms with Gasteiger partial charge in [-0.15, -0.1) is 0 Å². The highest BCUT2D eigenvalue weighted by Gasteiger charge is 2.14. The van der Waals surface area contributed by atoms with Crippen molar-refractivity contribution in [2.24, 2.45) is 5.92 Å². The van der Waals surface area contributed by atoms with Gasteiger partial charge in [0.2, 0.25) is 0 Å². The second-order valence-corrected chi connectivity index (χ2v) is 3.79. The Morgan fingerprint density at radius 2 is 2.00 bits per heavy atom. The molecule has 0 heteroatoms. The molecule has 1 aliphatic carbocycles. The van der Waals surface area contributed by atoms with Gasteiger partial charge in [-0.05, 0) is 43.3 Å². The van der Waals surface area contributed by atoms with Crippen LogP contribution >= 0.6 is 0 Å². The fourth-order valence-electron chi connectivity index (χ4n) is 1.68. The maximum absolute atomic E-state index is 4.13. The molecular formula is C11H18. The number of allylic oxidation sites excluding steroid dienone is 3. The van der Waals surface area contributed by atoms with Crippen molar-refractivity contribution < 1.29 is 0 Å². The van der Waals surface area contributed by atoms with Gasteiger partial charge < -0.3 is 0 Å². The zero-order valence-electron chi connectivity index (χ0n) is 7.91. The highest BCUT2D eigenvalue weighted by Crippen LogP contribution is 2.32. The standard InChI is InChI=1S/C11H18/c1-8(2)10(4)11-7-5-6-9(11)3/h8H,4-7H2,1-3H3. The summed E-state index contributed by atoms with van der Waals surface area (Å²) in [6, 6.07) is 0. The summed E-state index contributed by atoms with van der Waals surface area (Å²) in [7, 11) is 0. The van der Waals surface area contributed by atoms with Crippen LogP contribution in [-0.4, -0.2) is 0 Å². The van der Waals surface area contributed by atoms with E-state index in [0.717, 1.165) is 0 Å². The van der Waals surface area contributed by atoms with Gasteiger partial charge in [-0.3, -0.25) is 0 Å². The lowest BCUT2D eigenvalue weighted by Gasteiger charge is -2.11. The zero-order valence-corrected chi connectivity index (χ0v) is 7.91. The molecule has 0 aliphatic heterocycles. The van der Waals surface area contributed by atoms with Gasteiger partial charge in [0.1, 0.15) is 0 Å². The molecule has 0 aromatic heterocycles. The third-order valence-electron chi connectivity index (χ3n) is 2.58. The van der Waals surface area contributed by atoms with Crippen LogP contribution < -0.4 is 0 Å². The number of hydrogen-bond donors (Lipinski definition) is 0. The first-order chi connectivity index (χ1) is 5.13. The Kier molecular flexibility index (Phi) is 2.53. The van der Waals surface area contributed by atoms with Gasteiger partial charge in [-0.2, -0.15) is 0 Å². The van der Waals surface area contributed by atoms with Crippen molar-refractivity contribution in [3.63, 3.8) is 0 Å². The van der Waals surface area contributed by atoms with Crippen LogP contribution in [0.1, 0.15) is 40.0 Å². The van der Waals surface area contributed by atoms with Crippen LogP contribution in [0.25, 0.3) is 0 Å². The molecule has 0 bridgehead atoms. The fraction of sp³-hybridized carbons (Fsp3) is 0.636. The summed E-state index contributed by atoms with van der Waals surface area (Å²) in [5.74, 6) is 0.623. The minimum absolute atomic E-state index is 0.623. The first-order valence-electron chi connectivity index (χ1n) is 4.50. The molecule has 0 aromatic carbocycles. The molecule has 11 heavy (non-hydrogen) atoms. The first-order valence-corrected chi connectivity index (χ1v) is 4.50. The van der Waals surface area contributed by atoms with Crippen molar-refractivity contribution in [3.05, 3.63) is 23.3 Å². The Bertz CT molecular complexity index is 194. The van der Waals surface area contributed by atoms with Crippen molar-refractivity contribution in [1.82, 2.24) is 0 Å². The monoisotopic (exact) mass is 150 g/mol. The van der Waals surface area contributed by atoms with E-state index in [-0.39, 0.29) is 0 Å². The van der Waals surface area contributed by atoms with E-state index in [9.17, 15) is 0 Å². The lowest BCUT2D eigenvalue weighted by Crippen LogP contribution is -1.95. The van der Waals surface area contributed by atoms with Crippen LogP contribution in [0.5, 0.6) is 0 Å². The van der Waals surface area contributed by atoms with E-state index in [1.54, 1.807) is 11.1 Å². The van der Waals surface area contributed by atoms with Gasteiger partial charge in [0.05, 0.1) is 0 Å². The molecule has 0 N–H and O–H groups in total. The van der Waals surface area contributed by atoms with Gasteiger partial charge in [0.15, 0.2) is 0 Å². The highest BCUT2D eigenvalue weighted by molar-refractivity contribution is 5.36. The maximum atomic E-state index is 4.13. The van der Waals surface area contributed by atoms with Gasteiger partial charge in [-0.25, -0.2) is 0 Å². The Morgan fingerprint density at radius 1 is 1.36 bits per heavy atom. The third-order valence-corrected chi connectivity index (χ3v) is 2.58. The molecule has 0 spiro atoms. The van der Waals surface area contributed by atoms with Crippen molar-refractivity contribution in [1.29, 1.82) is 0 Å². The molecule has 0 atom stereocenters. The molecule has 0 saturated carbocycles. The average Bonchev–Trinajstić information content (AvgIpc) is 2.33. The molecule has 0 amide bonds. The van der Waals surface area contributed by atoms with Crippen LogP contribution in [0.3, 0.4) is 0 Å². The van der Waals surface area contributed by atoms with Crippen molar-refractivity contribution in [2.45, 2.75) is 40.0 Å². The van der Waals surface area contributed by atoms with Crippen molar-refractivity contribution >= 4 is 0 Å². The smallest absolute Gasteiger partial charge is 0.0222 e. The fourth-order valence-corrected chi connectivity index (χ4v) is 1.68. The summed E-state index contributed by atoms with van der Waals surface area (Å²) >= 11 is 0. The molecule has 62 valence electrons. The van der Waals surface area contributed by atoms with E-state index in [4.69, 9.17) is 0 Å². The summed E-state index contributed by atoms with van der Waals surface area (Å²) in [5.41, 5.74) is 4.49. The largest absolute Gasteiger partial charge is 0.0953 e. The topological polar surface area (TPSA) is 0 Å². The van der Waals surface area contributed by atoms with Gasteiger partial charge in [0, 0.05) is 0 Å². The molecule has 0 heterocycles. The summed E-state index contributed by atoms with van der Waals surface area (Å²) in [6.07, 6.45) is 3.90. The summed E-state index contributed by atoms with van der Waals surface area (Å²) < 4.78 is 0. The average molecular weight is 150 g/mol. The Labute approximate surface area is 70.0 Å². The van der Waals surface area contributed by atoms with Crippen LogP contribution in [-0.2, 0) is 0 Å². The predicted molar refractivity (Wildman–Crippen MR) is 50.5 cm³/mol. The predicted octanol–water partition coefficient (Wildman–Crippen LogP) is 3.70. The molecule has 0 radical (unpaired) electrons. The molecule has 0 aromatic rings. The zero-order chi connectivity index (χ0) is 8.43. The molecular weight excluding hydrogens is 132 g/mol. The van der Waals surface area contributed by atoms with Gasteiger partial charge in [0.25, 0.3) is 0 Å². The van der Waals surface area contributed by atoms with E-state index < -0.39 is 0 Å². The number of rotatable bonds is 2. The van der Waals surface area contributed by atoms with E-state index in [0.29, 0.717) is 5.92 Å². The first kappa shape index (κ1) is 8.58. The summed E-state index contributed by atoms with van der Waals surface area (Å²) in [4.78, 5) is 0. The third kappa shape index (κ3) is 1.74.